The van der Waals surface area contributed by atoms with Crippen molar-refractivity contribution in [2.24, 2.45) is 11.8 Å². The summed E-state index contributed by atoms with van der Waals surface area (Å²) in [5.41, 5.74) is 0.482. The van der Waals surface area contributed by atoms with Crippen molar-refractivity contribution in [1.82, 2.24) is 9.80 Å². The minimum Gasteiger partial charge on any atom is -0.497 e. The highest BCUT2D eigenvalue weighted by atomic mass is 16.5. The molecule has 2 atom stereocenters. The second-order valence-electron chi connectivity index (χ2n) is 7.26. The zero-order chi connectivity index (χ0) is 20.3. The Labute approximate surface area is 164 Å². The van der Waals surface area contributed by atoms with Crippen LogP contribution in [0.5, 0.6) is 11.5 Å². The van der Waals surface area contributed by atoms with Crippen molar-refractivity contribution in [2.75, 3.05) is 40.4 Å². The number of hydrogen-bond acceptors (Lipinski definition) is 5. The number of carbonyl (C=O) groups is 3. The zero-order valence-electron chi connectivity index (χ0n) is 16.2. The molecule has 8 heteroatoms. The van der Waals surface area contributed by atoms with E-state index in [2.05, 4.69) is 0 Å². The van der Waals surface area contributed by atoms with Gasteiger partial charge in [-0.15, -0.1) is 0 Å². The van der Waals surface area contributed by atoms with Gasteiger partial charge in [0.25, 0.3) is 5.91 Å². The van der Waals surface area contributed by atoms with Crippen LogP contribution in [-0.2, 0) is 9.59 Å². The number of nitrogens with zero attached hydrogens (tertiary/aromatic N) is 2. The second kappa shape index (κ2) is 8.50. The Kier molecular flexibility index (Phi) is 6.06. The molecule has 8 nitrogen and oxygen atoms in total. The van der Waals surface area contributed by atoms with Gasteiger partial charge in [-0.1, -0.05) is 0 Å². The Morgan fingerprint density at radius 3 is 1.93 bits per heavy atom. The standard InChI is InChI=1S/C20H26N2O6/c1-27-16-10-15(11-17(12-16)28-2)19(24)22-7-5-21(6-8-22)18(23)13-3-4-14(9-13)20(25)26/h10-14H,3-9H2,1-2H3,(H,25,26)/t13-,14+/m1/s1. The number of benzene rings is 1. The number of aliphatic carboxylic acids is 1. The minimum absolute atomic E-state index is 0.0129. The Bertz CT molecular complexity index is 735. The topological polar surface area (TPSA) is 96.4 Å². The third-order valence-electron chi connectivity index (χ3n) is 5.61. The summed E-state index contributed by atoms with van der Waals surface area (Å²) in [5, 5.41) is 9.12. The predicted molar refractivity (Wildman–Crippen MR) is 100 cm³/mol. The number of carboxylic acid groups (broad SMARTS) is 1. The van der Waals surface area contributed by atoms with E-state index >= 15 is 0 Å². The molecule has 152 valence electrons. The van der Waals surface area contributed by atoms with E-state index in [4.69, 9.17) is 14.6 Å². The molecule has 1 aromatic rings. The van der Waals surface area contributed by atoms with E-state index in [1.807, 2.05) is 0 Å². The summed E-state index contributed by atoms with van der Waals surface area (Å²) in [4.78, 5) is 40.1. The van der Waals surface area contributed by atoms with Crippen molar-refractivity contribution in [1.29, 1.82) is 0 Å². The van der Waals surface area contributed by atoms with E-state index in [0.717, 1.165) is 0 Å². The Hall–Kier alpha value is -2.77. The number of amides is 2. The van der Waals surface area contributed by atoms with Crippen LogP contribution < -0.4 is 9.47 Å². The Morgan fingerprint density at radius 1 is 0.893 bits per heavy atom. The third-order valence-corrected chi connectivity index (χ3v) is 5.61. The van der Waals surface area contributed by atoms with E-state index < -0.39 is 11.9 Å². The van der Waals surface area contributed by atoms with Gasteiger partial charge >= 0.3 is 5.97 Å². The van der Waals surface area contributed by atoms with Gasteiger partial charge in [-0.2, -0.15) is 0 Å². The van der Waals surface area contributed by atoms with Crippen molar-refractivity contribution in [3.8, 4) is 11.5 Å². The maximum atomic E-state index is 12.8. The van der Waals surface area contributed by atoms with Gasteiger partial charge in [-0.25, -0.2) is 0 Å². The van der Waals surface area contributed by atoms with Crippen LogP contribution in [0.3, 0.4) is 0 Å². The van der Waals surface area contributed by atoms with E-state index in [9.17, 15) is 14.4 Å². The number of carboxylic acids is 1. The predicted octanol–water partition coefficient (Wildman–Crippen LogP) is 1.49. The molecule has 1 N–H and O–H groups in total. The molecule has 1 heterocycles. The number of carbonyl (C=O) groups excluding carboxylic acids is 2. The summed E-state index contributed by atoms with van der Waals surface area (Å²) >= 11 is 0. The molecule has 1 saturated heterocycles. The van der Waals surface area contributed by atoms with Crippen LogP contribution >= 0.6 is 0 Å². The van der Waals surface area contributed by atoms with Crippen molar-refractivity contribution in [2.45, 2.75) is 19.3 Å². The molecule has 1 aliphatic carbocycles. The van der Waals surface area contributed by atoms with Crippen molar-refractivity contribution in [3.63, 3.8) is 0 Å². The monoisotopic (exact) mass is 390 g/mol. The average molecular weight is 390 g/mol. The fourth-order valence-corrected chi connectivity index (χ4v) is 3.93. The fraction of sp³-hybridized carbons (Fsp3) is 0.550. The second-order valence-corrected chi connectivity index (χ2v) is 7.26. The van der Waals surface area contributed by atoms with Gasteiger partial charge in [0.15, 0.2) is 0 Å². The first-order valence-electron chi connectivity index (χ1n) is 9.47. The number of methoxy groups -OCH3 is 2. The molecule has 1 saturated carbocycles. The molecule has 1 aliphatic heterocycles. The fourth-order valence-electron chi connectivity index (χ4n) is 3.93. The first-order chi connectivity index (χ1) is 13.4. The van der Waals surface area contributed by atoms with Gasteiger partial charge in [0.1, 0.15) is 11.5 Å². The van der Waals surface area contributed by atoms with E-state index in [1.54, 1.807) is 28.0 Å². The van der Waals surface area contributed by atoms with Crippen LogP contribution in [0.2, 0.25) is 0 Å². The molecule has 0 aromatic heterocycles. The number of hydrogen-bond donors (Lipinski definition) is 1. The van der Waals surface area contributed by atoms with Crippen molar-refractivity contribution < 1.29 is 29.0 Å². The van der Waals surface area contributed by atoms with Gasteiger partial charge < -0.3 is 24.4 Å². The molecule has 2 fully saturated rings. The van der Waals surface area contributed by atoms with Crippen LogP contribution in [0.25, 0.3) is 0 Å². The van der Waals surface area contributed by atoms with Crippen LogP contribution in [0, 0.1) is 11.8 Å². The van der Waals surface area contributed by atoms with Crippen LogP contribution in [0.15, 0.2) is 18.2 Å². The summed E-state index contributed by atoms with van der Waals surface area (Å²) in [6.45, 7) is 1.80. The van der Waals surface area contributed by atoms with E-state index in [-0.39, 0.29) is 17.7 Å². The maximum absolute atomic E-state index is 12.8. The SMILES string of the molecule is COc1cc(OC)cc(C(=O)N2CCN(C(=O)[C@@H]3CC[C@H](C(=O)O)C3)CC2)c1. The zero-order valence-corrected chi connectivity index (χ0v) is 16.2. The molecule has 1 aromatic carbocycles. The molecule has 28 heavy (non-hydrogen) atoms. The third kappa shape index (κ3) is 4.21. The summed E-state index contributed by atoms with van der Waals surface area (Å²) in [5.74, 6) is -0.475. The molecule has 0 unspecified atom stereocenters. The van der Waals surface area contributed by atoms with Crippen LogP contribution in [0.1, 0.15) is 29.6 Å². The normalized spacial score (nSPS) is 22.1. The molecule has 2 amide bonds. The molecule has 0 spiro atoms. The van der Waals surface area contributed by atoms with Crippen molar-refractivity contribution >= 4 is 17.8 Å². The van der Waals surface area contributed by atoms with Gasteiger partial charge in [0, 0.05) is 43.7 Å². The first kappa shape index (κ1) is 20.0. The molecule has 3 rings (SSSR count). The summed E-state index contributed by atoms with van der Waals surface area (Å²) in [7, 11) is 3.07. The first-order valence-corrected chi connectivity index (χ1v) is 9.47. The summed E-state index contributed by atoms with van der Waals surface area (Å²) in [6.07, 6.45) is 1.59. The summed E-state index contributed by atoms with van der Waals surface area (Å²) < 4.78 is 10.4. The lowest BCUT2D eigenvalue weighted by molar-refractivity contribution is -0.142. The van der Waals surface area contributed by atoms with Gasteiger partial charge in [0.05, 0.1) is 20.1 Å². The van der Waals surface area contributed by atoms with Crippen LogP contribution in [0.4, 0.5) is 0 Å². The Morgan fingerprint density at radius 2 is 1.43 bits per heavy atom. The van der Waals surface area contributed by atoms with Gasteiger partial charge in [-0.05, 0) is 31.4 Å². The lowest BCUT2D eigenvalue weighted by Crippen LogP contribution is -2.51. The van der Waals surface area contributed by atoms with Gasteiger partial charge in [-0.3, -0.25) is 14.4 Å². The molecule has 0 bridgehead atoms. The smallest absolute Gasteiger partial charge is 0.306 e. The lowest BCUT2D eigenvalue weighted by atomic mass is 10.0. The molecular weight excluding hydrogens is 364 g/mol. The minimum atomic E-state index is -0.820. The largest absolute Gasteiger partial charge is 0.497 e. The summed E-state index contributed by atoms with van der Waals surface area (Å²) in [6, 6.07) is 5.05. The van der Waals surface area contributed by atoms with E-state index in [0.29, 0.717) is 62.5 Å². The van der Waals surface area contributed by atoms with Gasteiger partial charge in [0.2, 0.25) is 5.91 Å². The molecular formula is C20H26N2O6. The number of piperazine rings is 1. The highest BCUT2D eigenvalue weighted by molar-refractivity contribution is 5.95. The van der Waals surface area contributed by atoms with Crippen molar-refractivity contribution in [3.05, 3.63) is 23.8 Å². The number of rotatable bonds is 5. The molecule has 2 aliphatic rings. The average Bonchev–Trinajstić information content (AvgIpc) is 3.23. The quantitative estimate of drug-likeness (QED) is 0.818. The van der Waals surface area contributed by atoms with Crippen LogP contribution in [-0.4, -0.2) is 73.1 Å². The van der Waals surface area contributed by atoms with E-state index in [1.165, 1.54) is 14.2 Å². The maximum Gasteiger partial charge on any atom is 0.306 e. The number of ether oxygens (including phenoxy) is 2. The molecule has 0 radical (unpaired) electrons. The Balaban J connectivity index is 1.59. The lowest BCUT2D eigenvalue weighted by Gasteiger charge is -2.36. The highest BCUT2D eigenvalue weighted by Gasteiger charge is 2.37. The highest BCUT2D eigenvalue weighted by Crippen LogP contribution is 2.32.